The van der Waals surface area contributed by atoms with Crippen molar-refractivity contribution in [1.29, 1.82) is 0 Å². The van der Waals surface area contributed by atoms with E-state index in [9.17, 15) is 4.79 Å². The molecule has 3 rings (SSSR count). The summed E-state index contributed by atoms with van der Waals surface area (Å²) in [5, 5.41) is 2.83. The molecular weight excluding hydrogens is 254 g/mol. The topological polar surface area (TPSA) is 60.1 Å². The molecule has 0 atom stereocenters. The van der Waals surface area contributed by atoms with Gasteiger partial charge in [0.2, 0.25) is 0 Å². The van der Waals surface area contributed by atoms with E-state index in [2.05, 4.69) is 10.3 Å². The van der Waals surface area contributed by atoms with Crippen LogP contribution < -0.4 is 5.32 Å². The van der Waals surface area contributed by atoms with E-state index in [1.54, 1.807) is 6.07 Å². The number of carbonyl (C=O) groups is 1. The van der Waals surface area contributed by atoms with Crippen molar-refractivity contribution >= 4 is 16.9 Å². The highest BCUT2D eigenvalue weighted by Gasteiger charge is 2.14. The van der Waals surface area contributed by atoms with E-state index in [0.29, 0.717) is 12.3 Å². The van der Waals surface area contributed by atoms with E-state index in [1.165, 1.54) is 6.26 Å². The van der Waals surface area contributed by atoms with Gasteiger partial charge in [0.25, 0.3) is 5.91 Å². The fourth-order valence-corrected chi connectivity index (χ4v) is 2.20. The third kappa shape index (κ3) is 2.07. The van der Waals surface area contributed by atoms with Crippen molar-refractivity contribution in [3.8, 4) is 0 Å². The van der Waals surface area contributed by atoms with Crippen LogP contribution in [0.25, 0.3) is 11.0 Å². The van der Waals surface area contributed by atoms with Gasteiger partial charge in [-0.15, -0.1) is 0 Å². The second-order valence-electron chi connectivity index (χ2n) is 4.69. The largest absolute Gasteiger partial charge is 0.459 e. The van der Waals surface area contributed by atoms with Gasteiger partial charge in [-0.3, -0.25) is 4.79 Å². The molecule has 5 heteroatoms. The zero-order valence-electron chi connectivity index (χ0n) is 11.4. The number of fused-ring (bicyclic) bond motifs is 1. The number of imidazole rings is 1. The van der Waals surface area contributed by atoms with E-state index in [0.717, 1.165) is 22.4 Å². The second kappa shape index (κ2) is 4.85. The maximum Gasteiger partial charge on any atom is 0.287 e. The summed E-state index contributed by atoms with van der Waals surface area (Å²) in [6.45, 7) is 2.21. The van der Waals surface area contributed by atoms with Crippen LogP contribution in [-0.4, -0.2) is 15.5 Å². The van der Waals surface area contributed by atoms with E-state index in [4.69, 9.17) is 4.42 Å². The van der Waals surface area contributed by atoms with Gasteiger partial charge in [-0.05, 0) is 25.1 Å². The normalized spacial score (nSPS) is 10.9. The number of hydrogen-bond donors (Lipinski definition) is 1. The van der Waals surface area contributed by atoms with Crippen LogP contribution in [0.2, 0.25) is 0 Å². The van der Waals surface area contributed by atoms with Gasteiger partial charge in [-0.1, -0.05) is 12.1 Å². The Morgan fingerprint density at radius 1 is 1.35 bits per heavy atom. The third-order valence-electron chi connectivity index (χ3n) is 3.36. The summed E-state index contributed by atoms with van der Waals surface area (Å²) < 4.78 is 7.14. The van der Waals surface area contributed by atoms with Gasteiger partial charge in [0, 0.05) is 12.6 Å². The maximum absolute atomic E-state index is 12.0. The van der Waals surface area contributed by atoms with Gasteiger partial charge in [0.1, 0.15) is 5.82 Å². The fourth-order valence-electron chi connectivity index (χ4n) is 2.20. The highest BCUT2D eigenvalue weighted by atomic mass is 16.3. The van der Waals surface area contributed by atoms with Gasteiger partial charge < -0.3 is 14.3 Å². The van der Waals surface area contributed by atoms with Crippen molar-refractivity contribution in [2.45, 2.75) is 13.5 Å². The number of benzene rings is 1. The number of amides is 1. The Morgan fingerprint density at radius 3 is 2.85 bits per heavy atom. The molecule has 2 heterocycles. The monoisotopic (exact) mass is 269 g/mol. The lowest BCUT2D eigenvalue weighted by Crippen LogP contribution is -2.24. The Morgan fingerprint density at radius 2 is 2.15 bits per heavy atom. The lowest BCUT2D eigenvalue weighted by atomic mass is 10.3. The van der Waals surface area contributed by atoms with Crippen molar-refractivity contribution in [1.82, 2.24) is 14.9 Å². The number of furan rings is 1. The molecule has 0 bridgehead atoms. The maximum atomic E-state index is 12.0. The smallest absolute Gasteiger partial charge is 0.287 e. The predicted molar refractivity (Wildman–Crippen MR) is 75.3 cm³/mol. The van der Waals surface area contributed by atoms with Crippen molar-refractivity contribution in [2.75, 3.05) is 0 Å². The zero-order chi connectivity index (χ0) is 14.1. The van der Waals surface area contributed by atoms with Gasteiger partial charge in [0.15, 0.2) is 5.76 Å². The molecule has 102 valence electrons. The van der Waals surface area contributed by atoms with E-state index < -0.39 is 0 Å². The molecule has 0 fully saturated rings. The molecule has 20 heavy (non-hydrogen) atoms. The van der Waals surface area contributed by atoms with Gasteiger partial charge >= 0.3 is 0 Å². The van der Waals surface area contributed by atoms with E-state index in [1.807, 2.05) is 42.8 Å². The number of carbonyl (C=O) groups excluding carboxylic acids is 1. The van der Waals surface area contributed by atoms with Gasteiger partial charge in [-0.25, -0.2) is 4.98 Å². The summed E-state index contributed by atoms with van der Waals surface area (Å²) in [4.78, 5) is 16.5. The summed E-state index contributed by atoms with van der Waals surface area (Å²) >= 11 is 0. The number of hydrogen-bond acceptors (Lipinski definition) is 3. The zero-order valence-corrected chi connectivity index (χ0v) is 11.4. The number of aromatic nitrogens is 2. The predicted octanol–water partition coefficient (Wildman–Crippen LogP) is 2.40. The molecular formula is C15H15N3O2. The van der Waals surface area contributed by atoms with E-state index in [-0.39, 0.29) is 5.91 Å². The molecule has 0 aliphatic rings. The molecule has 3 aromatic rings. The molecule has 0 saturated heterocycles. The van der Waals surface area contributed by atoms with Crippen molar-refractivity contribution in [3.63, 3.8) is 0 Å². The molecule has 5 nitrogen and oxygen atoms in total. The molecule has 1 aromatic carbocycles. The van der Waals surface area contributed by atoms with Crippen molar-refractivity contribution < 1.29 is 9.21 Å². The molecule has 0 aliphatic heterocycles. The molecule has 0 unspecified atom stereocenters. The van der Waals surface area contributed by atoms with Crippen LogP contribution in [-0.2, 0) is 13.6 Å². The first-order valence-corrected chi connectivity index (χ1v) is 6.39. The van der Waals surface area contributed by atoms with Gasteiger partial charge in [0.05, 0.1) is 23.8 Å². The summed E-state index contributed by atoms with van der Waals surface area (Å²) in [7, 11) is 1.94. The van der Waals surface area contributed by atoms with Crippen LogP contribution in [0.1, 0.15) is 21.9 Å². The van der Waals surface area contributed by atoms with Crippen molar-refractivity contribution in [2.24, 2.45) is 7.05 Å². The summed E-state index contributed by atoms with van der Waals surface area (Å²) in [6.07, 6.45) is 1.51. The first-order valence-electron chi connectivity index (χ1n) is 6.39. The quantitative estimate of drug-likeness (QED) is 0.794. The molecule has 1 amide bonds. The fraction of sp³-hybridized carbons (Fsp3) is 0.200. The first kappa shape index (κ1) is 12.5. The Balaban J connectivity index is 1.79. The summed E-state index contributed by atoms with van der Waals surface area (Å²) in [5.41, 5.74) is 2.80. The highest BCUT2D eigenvalue weighted by molar-refractivity contribution is 5.92. The minimum Gasteiger partial charge on any atom is -0.459 e. The summed E-state index contributed by atoms with van der Waals surface area (Å²) in [5.74, 6) is 0.937. The minimum atomic E-state index is -0.223. The number of para-hydroxylation sites is 2. The highest BCUT2D eigenvalue weighted by Crippen LogP contribution is 2.14. The number of nitrogens with zero attached hydrogens (tertiary/aromatic N) is 2. The third-order valence-corrected chi connectivity index (χ3v) is 3.36. The first-order chi connectivity index (χ1) is 9.66. The minimum absolute atomic E-state index is 0.223. The lowest BCUT2D eigenvalue weighted by molar-refractivity contribution is 0.0921. The molecule has 0 spiro atoms. The van der Waals surface area contributed by atoms with Crippen LogP contribution in [0.4, 0.5) is 0 Å². The molecule has 2 aromatic heterocycles. The van der Waals surface area contributed by atoms with Crippen LogP contribution >= 0.6 is 0 Å². The Hall–Kier alpha value is -2.56. The second-order valence-corrected chi connectivity index (χ2v) is 4.69. The number of nitrogens with one attached hydrogen (secondary N) is 1. The summed E-state index contributed by atoms with van der Waals surface area (Å²) in [6, 6.07) is 9.65. The van der Waals surface area contributed by atoms with Crippen LogP contribution in [0.5, 0.6) is 0 Å². The Labute approximate surface area is 116 Å². The van der Waals surface area contributed by atoms with Crippen LogP contribution in [0, 0.1) is 6.92 Å². The van der Waals surface area contributed by atoms with Crippen LogP contribution in [0.15, 0.2) is 41.0 Å². The SMILES string of the molecule is Cc1ccoc1C(=O)NCc1nc2ccccc2n1C. The molecule has 0 radical (unpaired) electrons. The average Bonchev–Trinajstić information content (AvgIpc) is 3.01. The van der Waals surface area contributed by atoms with Crippen LogP contribution in [0.3, 0.4) is 0 Å². The van der Waals surface area contributed by atoms with E-state index >= 15 is 0 Å². The standard InChI is InChI=1S/C15H15N3O2/c1-10-7-8-20-14(10)15(19)16-9-13-17-11-5-3-4-6-12(11)18(13)2/h3-8H,9H2,1-2H3,(H,16,19). The molecule has 0 saturated carbocycles. The van der Waals surface area contributed by atoms with Crippen molar-refractivity contribution in [3.05, 3.63) is 53.7 Å². The van der Waals surface area contributed by atoms with Gasteiger partial charge in [-0.2, -0.15) is 0 Å². The Bertz CT molecular complexity index is 770. The number of rotatable bonds is 3. The lowest BCUT2D eigenvalue weighted by Gasteiger charge is -2.04. The average molecular weight is 269 g/mol. The molecule has 1 N–H and O–H groups in total. The number of aryl methyl sites for hydroxylation is 2. The molecule has 0 aliphatic carbocycles. The Kier molecular flexibility index (Phi) is 3.02.